The number of nitriles is 1. The summed E-state index contributed by atoms with van der Waals surface area (Å²) >= 11 is 0. The Morgan fingerprint density at radius 1 is 1.38 bits per heavy atom. The minimum Gasteiger partial charge on any atom is -0.462 e. The Hall–Kier alpha value is -1.57. The maximum Gasteiger partial charge on any atom is 0.323 e. The van der Waals surface area contributed by atoms with Crippen molar-refractivity contribution in [3.63, 3.8) is 0 Å². The maximum atomic E-state index is 10.8. The molecule has 0 amide bonds. The number of rotatable bonds is 4. The van der Waals surface area contributed by atoms with E-state index in [1.807, 2.05) is 0 Å². The van der Waals surface area contributed by atoms with Crippen LogP contribution in [-0.2, 0) is 19.1 Å². The Balaban J connectivity index is 3.50. The zero-order chi connectivity index (χ0) is 10.3. The van der Waals surface area contributed by atoms with Gasteiger partial charge in [0.05, 0.1) is 6.07 Å². The van der Waals surface area contributed by atoms with Gasteiger partial charge in [0.1, 0.15) is 19.1 Å². The second kappa shape index (κ2) is 6.00. The molecule has 0 aliphatic carbocycles. The van der Waals surface area contributed by atoms with Crippen LogP contribution in [0.1, 0.15) is 13.8 Å². The predicted molar refractivity (Wildman–Crippen MR) is 42.4 cm³/mol. The van der Waals surface area contributed by atoms with Crippen molar-refractivity contribution in [2.45, 2.75) is 13.8 Å². The largest absolute Gasteiger partial charge is 0.462 e. The van der Waals surface area contributed by atoms with Crippen LogP contribution in [-0.4, -0.2) is 25.2 Å². The summed E-state index contributed by atoms with van der Waals surface area (Å²) in [6.07, 6.45) is 0. The van der Waals surface area contributed by atoms with E-state index >= 15 is 0 Å². The monoisotopic (exact) mass is 185 g/mol. The molecule has 0 saturated heterocycles. The SMILES string of the molecule is CC(=O)OCCOC(=O)C(C)C#N. The van der Waals surface area contributed by atoms with Crippen LogP contribution in [0.15, 0.2) is 0 Å². The Morgan fingerprint density at radius 3 is 2.38 bits per heavy atom. The van der Waals surface area contributed by atoms with Gasteiger partial charge in [-0.1, -0.05) is 0 Å². The number of esters is 2. The number of ether oxygens (including phenoxy) is 2. The molecule has 0 bridgehead atoms. The highest BCUT2D eigenvalue weighted by Crippen LogP contribution is 1.95. The van der Waals surface area contributed by atoms with Crippen molar-refractivity contribution in [1.29, 1.82) is 5.26 Å². The van der Waals surface area contributed by atoms with E-state index in [0.717, 1.165) is 0 Å². The molecule has 1 atom stereocenters. The molecule has 72 valence electrons. The molecule has 0 heterocycles. The summed E-state index contributed by atoms with van der Waals surface area (Å²) in [6.45, 7) is 2.72. The van der Waals surface area contributed by atoms with Gasteiger partial charge in [-0.2, -0.15) is 5.26 Å². The van der Waals surface area contributed by atoms with E-state index in [1.165, 1.54) is 13.8 Å². The molecule has 1 unspecified atom stereocenters. The number of hydrogen-bond acceptors (Lipinski definition) is 5. The fourth-order valence-corrected chi connectivity index (χ4v) is 0.505. The van der Waals surface area contributed by atoms with E-state index in [4.69, 9.17) is 5.26 Å². The second-order valence-corrected chi connectivity index (χ2v) is 2.36. The van der Waals surface area contributed by atoms with E-state index in [0.29, 0.717) is 0 Å². The Bertz CT molecular complexity index is 231. The van der Waals surface area contributed by atoms with Gasteiger partial charge in [-0.3, -0.25) is 9.59 Å². The molecule has 0 aromatic carbocycles. The van der Waals surface area contributed by atoms with E-state index < -0.39 is 17.9 Å². The van der Waals surface area contributed by atoms with Crippen molar-refractivity contribution in [3.05, 3.63) is 0 Å². The summed E-state index contributed by atoms with van der Waals surface area (Å²) in [5.74, 6) is -1.81. The lowest BCUT2D eigenvalue weighted by Gasteiger charge is -2.05. The molecular formula is C8H11NO4. The predicted octanol–water partition coefficient (Wildman–Crippen LogP) is 0.252. The van der Waals surface area contributed by atoms with Gasteiger partial charge in [0, 0.05) is 6.92 Å². The summed E-state index contributed by atoms with van der Waals surface area (Å²) in [5.41, 5.74) is 0. The second-order valence-electron chi connectivity index (χ2n) is 2.36. The average molecular weight is 185 g/mol. The number of nitrogens with zero attached hydrogens (tertiary/aromatic N) is 1. The molecular weight excluding hydrogens is 174 g/mol. The van der Waals surface area contributed by atoms with Crippen LogP contribution in [0.4, 0.5) is 0 Å². The summed E-state index contributed by atoms with van der Waals surface area (Å²) < 4.78 is 9.11. The van der Waals surface area contributed by atoms with Crippen LogP contribution < -0.4 is 0 Å². The van der Waals surface area contributed by atoms with E-state index in [2.05, 4.69) is 9.47 Å². The van der Waals surface area contributed by atoms with Gasteiger partial charge >= 0.3 is 11.9 Å². The molecule has 0 fully saturated rings. The summed E-state index contributed by atoms with van der Waals surface area (Å²) in [6, 6.07) is 1.73. The van der Waals surface area contributed by atoms with Gasteiger partial charge in [0.25, 0.3) is 0 Å². The van der Waals surface area contributed by atoms with E-state index in [9.17, 15) is 9.59 Å². The molecule has 0 radical (unpaired) electrons. The first kappa shape index (κ1) is 11.4. The minimum absolute atomic E-state index is 0.00949. The zero-order valence-electron chi connectivity index (χ0n) is 7.57. The first-order chi connectivity index (χ1) is 6.07. The highest BCUT2D eigenvalue weighted by Gasteiger charge is 2.12. The fraction of sp³-hybridized carbons (Fsp3) is 0.625. The smallest absolute Gasteiger partial charge is 0.323 e. The summed E-state index contributed by atoms with van der Waals surface area (Å²) in [7, 11) is 0. The molecule has 0 aliphatic heterocycles. The third-order valence-electron chi connectivity index (χ3n) is 1.18. The van der Waals surface area contributed by atoms with Gasteiger partial charge in [-0.25, -0.2) is 0 Å². The third-order valence-corrected chi connectivity index (χ3v) is 1.18. The summed E-state index contributed by atoms with van der Waals surface area (Å²) in [5, 5.41) is 8.31. The lowest BCUT2D eigenvalue weighted by atomic mass is 10.2. The van der Waals surface area contributed by atoms with Crippen LogP contribution in [0, 0.1) is 17.2 Å². The normalized spacial score (nSPS) is 11.2. The van der Waals surface area contributed by atoms with Gasteiger partial charge < -0.3 is 9.47 Å². The number of carbonyl (C=O) groups is 2. The van der Waals surface area contributed by atoms with Crippen molar-refractivity contribution >= 4 is 11.9 Å². The Kier molecular flexibility index (Phi) is 5.28. The molecule has 0 spiro atoms. The van der Waals surface area contributed by atoms with Crippen molar-refractivity contribution in [1.82, 2.24) is 0 Å². The quantitative estimate of drug-likeness (QED) is 0.463. The molecule has 0 aliphatic rings. The Morgan fingerprint density at radius 2 is 1.92 bits per heavy atom. The van der Waals surface area contributed by atoms with Gasteiger partial charge in [-0.15, -0.1) is 0 Å². The molecule has 0 aromatic rings. The van der Waals surface area contributed by atoms with Crippen molar-refractivity contribution < 1.29 is 19.1 Å². The minimum atomic E-state index is -0.780. The van der Waals surface area contributed by atoms with Crippen molar-refractivity contribution in [2.24, 2.45) is 5.92 Å². The van der Waals surface area contributed by atoms with Gasteiger partial charge in [-0.05, 0) is 6.92 Å². The van der Waals surface area contributed by atoms with Crippen LogP contribution in [0.2, 0.25) is 0 Å². The lowest BCUT2D eigenvalue weighted by molar-refractivity contribution is -0.152. The molecule has 0 N–H and O–H groups in total. The van der Waals surface area contributed by atoms with Crippen molar-refractivity contribution in [2.75, 3.05) is 13.2 Å². The first-order valence-corrected chi connectivity index (χ1v) is 3.77. The maximum absolute atomic E-state index is 10.8. The Labute approximate surface area is 76.2 Å². The molecule has 5 nitrogen and oxygen atoms in total. The zero-order valence-corrected chi connectivity index (χ0v) is 7.57. The molecule has 0 rings (SSSR count). The molecule has 0 saturated carbocycles. The lowest BCUT2D eigenvalue weighted by Crippen LogP contribution is -2.17. The highest BCUT2D eigenvalue weighted by molar-refractivity contribution is 5.74. The molecule has 0 aromatic heterocycles. The molecule has 13 heavy (non-hydrogen) atoms. The van der Waals surface area contributed by atoms with Crippen LogP contribution in [0.25, 0.3) is 0 Å². The topological polar surface area (TPSA) is 76.4 Å². The van der Waals surface area contributed by atoms with Crippen LogP contribution >= 0.6 is 0 Å². The standard InChI is InChI=1S/C8H11NO4/c1-6(5-9)8(11)13-4-3-12-7(2)10/h6H,3-4H2,1-2H3. The van der Waals surface area contributed by atoms with Crippen molar-refractivity contribution in [3.8, 4) is 6.07 Å². The van der Waals surface area contributed by atoms with Gasteiger partial charge in [0.2, 0.25) is 0 Å². The summed E-state index contributed by atoms with van der Waals surface area (Å²) in [4.78, 5) is 21.1. The number of hydrogen-bond donors (Lipinski definition) is 0. The van der Waals surface area contributed by atoms with Crippen LogP contribution in [0.5, 0.6) is 0 Å². The fourth-order valence-electron chi connectivity index (χ4n) is 0.505. The third kappa shape index (κ3) is 5.67. The van der Waals surface area contributed by atoms with E-state index in [1.54, 1.807) is 6.07 Å². The first-order valence-electron chi connectivity index (χ1n) is 3.77. The number of carbonyl (C=O) groups excluding carboxylic acids is 2. The molecule has 5 heteroatoms. The average Bonchev–Trinajstić information content (AvgIpc) is 2.10. The van der Waals surface area contributed by atoms with Crippen LogP contribution in [0.3, 0.4) is 0 Å². The van der Waals surface area contributed by atoms with Gasteiger partial charge in [0.15, 0.2) is 0 Å². The van der Waals surface area contributed by atoms with E-state index in [-0.39, 0.29) is 13.2 Å². The highest BCUT2D eigenvalue weighted by atomic mass is 16.6.